The molecular formula is C24H26F2N4O3S. The molecule has 0 unspecified atom stereocenters. The van der Waals surface area contributed by atoms with Gasteiger partial charge in [0.25, 0.3) is 0 Å². The fourth-order valence-electron chi connectivity index (χ4n) is 5.99. The molecule has 1 saturated carbocycles. The van der Waals surface area contributed by atoms with E-state index in [4.69, 9.17) is 4.52 Å². The van der Waals surface area contributed by atoms with Crippen molar-refractivity contribution in [3.8, 4) is 11.3 Å². The number of nitrogens with zero attached hydrogens (tertiary/aromatic N) is 4. The molecule has 180 valence electrons. The second-order valence-corrected chi connectivity index (χ2v) is 11.6. The smallest absolute Gasteiger partial charge is 0.248 e. The third kappa shape index (κ3) is 3.00. The molecular weight excluding hydrogens is 462 g/mol. The number of fused-ring (bicyclic) bond motifs is 5. The molecule has 5 rings (SSSR count). The van der Waals surface area contributed by atoms with Crippen LogP contribution in [0.3, 0.4) is 0 Å². The van der Waals surface area contributed by atoms with Crippen molar-refractivity contribution >= 4 is 10.0 Å². The highest BCUT2D eigenvalue weighted by Gasteiger charge is 2.64. The molecule has 0 radical (unpaired) electrons. The summed E-state index contributed by atoms with van der Waals surface area (Å²) in [6, 6.07) is 5.43. The summed E-state index contributed by atoms with van der Waals surface area (Å²) in [7, 11) is -3.84. The van der Waals surface area contributed by atoms with Crippen molar-refractivity contribution in [2.75, 3.05) is 13.1 Å². The van der Waals surface area contributed by atoms with Crippen molar-refractivity contribution in [2.45, 2.75) is 56.8 Å². The van der Waals surface area contributed by atoms with E-state index in [0.717, 1.165) is 18.4 Å². The van der Waals surface area contributed by atoms with Gasteiger partial charge in [0.2, 0.25) is 10.0 Å². The van der Waals surface area contributed by atoms with Crippen molar-refractivity contribution in [3.05, 3.63) is 59.1 Å². The molecule has 2 aliphatic carbocycles. The molecule has 2 aliphatic rings. The first kappa shape index (κ1) is 23.0. The van der Waals surface area contributed by atoms with Gasteiger partial charge in [-0.05, 0) is 54.9 Å². The Morgan fingerprint density at radius 3 is 2.53 bits per heavy atom. The van der Waals surface area contributed by atoms with Crippen LogP contribution in [0, 0.1) is 24.0 Å². The first-order valence-corrected chi connectivity index (χ1v) is 12.7. The van der Waals surface area contributed by atoms with E-state index in [-0.39, 0.29) is 46.3 Å². The van der Waals surface area contributed by atoms with Gasteiger partial charge >= 0.3 is 0 Å². The van der Waals surface area contributed by atoms with Crippen molar-refractivity contribution in [1.82, 2.24) is 19.7 Å². The van der Waals surface area contributed by atoms with Crippen LogP contribution in [0.4, 0.5) is 8.78 Å². The number of aromatic nitrogens is 3. The summed E-state index contributed by atoms with van der Waals surface area (Å²) in [6.45, 7) is 8.07. The van der Waals surface area contributed by atoms with Crippen molar-refractivity contribution in [1.29, 1.82) is 0 Å². The second-order valence-electron chi connectivity index (χ2n) is 9.70. The number of sulfonamides is 1. The van der Waals surface area contributed by atoms with Crippen LogP contribution < -0.4 is 0 Å². The third-order valence-electron chi connectivity index (χ3n) is 7.96. The summed E-state index contributed by atoms with van der Waals surface area (Å²) in [5, 5.41) is 12.3. The van der Waals surface area contributed by atoms with Gasteiger partial charge in [-0.3, -0.25) is 0 Å². The Hall–Kier alpha value is -2.72. The number of hydrogen-bond acceptors (Lipinski definition) is 6. The van der Waals surface area contributed by atoms with E-state index in [9.17, 15) is 17.2 Å². The average molecular weight is 489 g/mol. The van der Waals surface area contributed by atoms with Crippen LogP contribution in [0.5, 0.6) is 0 Å². The molecule has 2 atom stereocenters. The number of rotatable bonds is 6. The van der Waals surface area contributed by atoms with E-state index in [2.05, 4.69) is 29.2 Å². The average Bonchev–Trinajstić information content (AvgIpc) is 3.38. The van der Waals surface area contributed by atoms with Gasteiger partial charge in [-0.2, -0.15) is 14.5 Å². The largest absolute Gasteiger partial charge is 0.360 e. The van der Waals surface area contributed by atoms with Crippen LogP contribution in [0.25, 0.3) is 11.3 Å². The molecule has 2 aromatic heterocycles. The van der Waals surface area contributed by atoms with Gasteiger partial charge in [-0.1, -0.05) is 32.0 Å². The van der Waals surface area contributed by atoms with Gasteiger partial charge in [0, 0.05) is 18.5 Å². The van der Waals surface area contributed by atoms with E-state index in [1.165, 1.54) is 28.7 Å². The highest BCUT2D eigenvalue weighted by Crippen LogP contribution is 2.67. The van der Waals surface area contributed by atoms with E-state index in [1.54, 1.807) is 19.9 Å². The van der Waals surface area contributed by atoms with Crippen molar-refractivity contribution in [2.24, 2.45) is 5.41 Å². The van der Waals surface area contributed by atoms with Gasteiger partial charge < -0.3 is 4.52 Å². The molecule has 0 spiro atoms. The molecule has 10 heteroatoms. The number of benzene rings is 1. The van der Waals surface area contributed by atoms with E-state index < -0.39 is 27.1 Å². The third-order valence-corrected chi connectivity index (χ3v) is 9.97. The molecule has 7 nitrogen and oxygen atoms in total. The monoisotopic (exact) mass is 488 g/mol. The van der Waals surface area contributed by atoms with Crippen LogP contribution in [0.1, 0.15) is 56.5 Å². The molecule has 1 aromatic carbocycles. The zero-order chi connectivity index (χ0) is 24.5. The zero-order valence-corrected chi connectivity index (χ0v) is 20.3. The molecule has 0 aliphatic heterocycles. The Morgan fingerprint density at radius 1 is 1.21 bits per heavy atom. The first-order chi connectivity index (χ1) is 16.0. The molecule has 0 amide bonds. The second kappa shape index (κ2) is 7.64. The van der Waals surface area contributed by atoms with Crippen LogP contribution in [0.2, 0.25) is 0 Å². The number of likely N-dealkylation sites (N-methyl/N-ethyl adjacent to an activating group) is 1. The lowest BCUT2D eigenvalue weighted by atomic mass is 9.68. The van der Waals surface area contributed by atoms with E-state index >= 15 is 0 Å². The topological polar surface area (TPSA) is 89.2 Å². The Morgan fingerprint density at radius 2 is 1.91 bits per heavy atom. The summed E-state index contributed by atoms with van der Waals surface area (Å²) in [6.07, 6.45) is 2.80. The molecule has 1 fully saturated rings. The quantitative estimate of drug-likeness (QED) is 0.505. The summed E-state index contributed by atoms with van der Waals surface area (Å²) in [5.41, 5.74) is 0.633. The van der Waals surface area contributed by atoms with Gasteiger partial charge in [0.05, 0.1) is 23.1 Å². The van der Waals surface area contributed by atoms with Gasteiger partial charge in [-0.25, -0.2) is 17.2 Å². The molecule has 2 heterocycles. The normalized spacial score (nSPS) is 23.0. The van der Waals surface area contributed by atoms with Crippen LogP contribution in [0.15, 0.2) is 39.9 Å². The predicted octanol–water partition coefficient (Wildman–Crippen LogP) is 4.58. The van der Waals surface area contributed by atoms with Crippen LogP contribution in [-0.4, -0.2) is 41.2 Å². The zero-order valence-electron chi connectivity index (χ0n) is 19.5. The fraction of sp³-hybridized carbons (Fsp3) is 0.458. The minimum Gasteiger partial charge on any atom is -0.360 e. The van der Waals surface area contributed by atoms with Gasteiger partial charge in [0.15, 0.2) is 5.76 Å². The van der Waals surface area contributed by atoms with Gasteiger partial charge in [0.1, 0.15) is 16.5 Å². The maximum atomic E-state index is 14.4. The number of halogens is 2. The molecule has 0 N–H and O–H groups in total. The Balaban J connectivity index is 1.60. The lowest BCUT2D eigenvalue weighted by molar-refractivity contribution is 0.169. The minimum atomic E-state index is -3.84. The maximum absolute atomic E-state index is 14.4. The summed E-state index contributed by atoms with van der Waals surface area (Å²) in [5.74, 6) is -1.08. The van der Waals surface area contributed by atoms with Gasteiger partial charge in [-0.15, -0.1) is 0 Å². The Kier molecular flexibility index (Phi) is 5.18. The Bertz CT molecular complexity index is 1370. The fourth-order valence-corrected chi connectivity index (χ4v) is 7.57. The number of aryl methyl sites for hydroxylation is 1. The van der Waals surface area contributed by atoms with E-state index in [0.29, 0.717) is 5.69 Å². The number of hydrogen-bond donors (Lipinski definition) is 0. The molecule has 34 heavy (non-hydrogen) atoms. The highest BCUT2D eigenvalue weighted by atomic mass is 32.2. The standard InChI is InChI=1S/C24H26F2N4O3S/c1-5-30(34(31,32)20-12-27-33-14(20)2)13-24-10-9-16(23(24,3)4)15-11-19(28-29-22(15)24)21-17(25)7-6-8-18(21)26/h6-8,11-12,16H,5,9-10,13H2,1-4H3/t16-,24-/m0/s1. The SMILES string of the molecule is CCN(C[C@@]12CC[C@@H](c3cc(-c4c(F)cccc4F)nnc31)C2(C)C)S(=O)(=O)c1cnoc1C. The molecule has 0 saturated heterocycles. The summed E-state index contributed by atoms with van der Waals surface area (Å²) in [4.78, 5) is 0.0489. The lowest BCUT2D eigenvalue weighted by Crippen LogP contribution is -2.48. The Labute approximate surface area is 197 Å². The predicted molar refractivity (Wildman–Crippen MR) is 120 cm³/mol. The van der Waals surface area contributed by atoms with Crippen molar-refractivity contribution < 1.29 is 21.7 Å². The van der Waals surface area contributed by atoms with Crippen molar-refractivity contribution in [3.63, 3.8) is 0 Å². The van der Waals surface area contributed by atoms with Crippen LogP contribution >= 0.6 is 0 Å². The minimum absolute atomic E-state index is 0.0489. The first-order valence-electron chi connectivity index (χ1n) is 11.3. The summed E-state index contributed by atoms with van der Waals surface area (Å²) >= 11 is 0. The maximum Gasteiger partial charge on any atom is 0.248 e. The highest BCUT2D eigenvalue weighted by molar-refractivity contribution is 7.89. The molecule has 2 bridgehead atoms. The summed E-state index contributed by atoms with van der Waals surface area (Å²) < 4.78 is 62.2. The molecule has 3 aromatic rings. The lowest BCUT2D eigenvalue weighted by Gasteiger charge is -2.40. The van der Waals surface area contributed by atoms with E-state index in [1.807, 2.05) is 0 Å². The van der Waals surface area contributed by atoms with Crippen LogP contribution in [-0.2, 0) is 15.4 Å².